The van der Waals surface area contributed by atoms with Crippen molar-refractivity contribution >= 4 is 5.91 Å². The first-order chi connectivity index (χ1) is 9.29. The van der Waals surface area contributed by atoms with E-state index in [1.807, 2.05) is 4.90 Å². The predicted octanol–water partition coefficient (Wildman–Crippen LogP) is 0.263. The van der Waals surface area contributed by atoms with Crippen LogP contribution in [0.1, 0.15) is 19.8 Å². The molecular formula is C14H27N3O2. The molecule has 2 heterocycles. The molecule has 0 radical (unpaired) electrons. The summed E-state index contributed by atoms with van der Waals surface area (Å²) in [7, 11) is 0. The quantitative estimate of drug-likeness (QED) is 0.717. The van der Waals surface area contributed by atoms with Gasteiger partial charge in [0.1, 0.15) is 0 Å². The standard InChI is InChI=1S/C14H27N3O2/c1-2-3-4-15-5-7-17(8-6-15)14(18)13-16-9-11-19-12-10-16/h2-13H2,1H3. The van der Waals surface area contributed by atoms with Crippen LogP contribution < -0.4 is 0 Å². The summed E-state index contributed by atoms with van der Waals surface area (Å²) in [5.41, 5.74) is 0. The number of morpholine rings is 1. The second kappa shape index (κ2) is 7.82. The highest BCUT2D eigenvalue weighted by atomic mass is 16.5. The van der Waals surface area contributed by atoms with Crippen LogP contribution in [0.3, 0.4) is 0 Å². The Balaban J connectivity index is 1.67. The molecular weight excluding hydrogens is 242 g/mol. The third-order valence-corrected chi connectivity index (χ3v) is 4.02. The van der Waals surface area contributed by atoms with E-state index in [2.05, 4.69) is 16.7 Å². The zero-order chi connectivity index (χ0) is 13.5. The third-order valence-electron chi connectivity index (χ3n) is 4.02. The summed E-state index contributed by atoms with van der Waals surface area (Å²) < 4.78 is 5.31. The Morgan fingerprint density at radius 3 is 2.32 bits per heavy atom. The van der Waals surface area contributed by atoms with Crippen LogP contribution in [0.25, 0.3) is 0 Å². The van der Waals surface area contributed by atoms with Crippen LogP contribution in [0, 0.1) is 0 Å². The van der Waals surface area contributed by atoms with Gasteiger partial charge in [-0.25, -0.2) is 0 Å². The molecule has 5 nitrogen and oxygen atoms in total. The highest BCUT2D eigenvalue weighted by Crippen LogP contribution is 2.05. The summed E-state index contributed by atoms with van der Waals surface area (Å²) in [4.78, 5) is 18.9. The Morgan fingerprint density at radius 1 is 1.00 bits per heavy atom. The van der Waals surface area contributed by atoms with Gasteiger partial charge < -0.3 is 9.64 Å². The van der Waals surface area contributed by atoms with E-state index in [0.717, 1.165) is 52.5 Å². The van der Waals surface area contributed by atoms with Crippen LogP contribution >= 0.6 is 0 Å². The molecule has 0 bridgehead atoms. The van der Waals surface area contributed by atoms with Gasteiger partial charge in [-0.1, -0.05) is 13.3 Å². The fraction of sp³-hybridized carbons (Fsp3) is 0.929. The molecule has 0 spiro atoms. The molecule has 0 saturated carbocycles. The lowest BCUT2D eigenvalue weighted by Crippen LogP contribution is -2.52. The molecule has 0 atom stereocenters. The molecule has 2 aliphatic heterocycles. The van der Waals surface area contributed by atoms with Gasteiger partial charge in [-0.15, -0.1) is 0 Å². The van der Waals surface area contributed by atoms with Gasteiger partial charge in [0, 0.05) is 39.3 Å². The van der Waals surface area contributed by atoms with E-state index in [4.69, 9.17) is 4.74 Å². The molecule has 110 valence electrons. The normalized spacial score (nSPS) is 22.7. The first-order valence-corrected chi connectivity index (χ1v) is 7.60. The Hall–Kier alpha value is -0.650. The van der Waals surface area contributed by atoms with Crippen LogP contribution in [-0.2, 0) is 9.53 Å². The fourth-order valence-electron chi connectivity index (χ4n) is 2.65. The lowest BCUT2D eigenvalue weighted by atomic mass is 10.2. The summed E-state index contributed by atoms with van der Waals surface area (Å²) in [6.07, 6.45) is 2.51. The molecule has 2 saturated heterocycles. The van der Waals surface area contributed by atoms with Crippen molar-refractivity contribution in [2.45, 2.75) is 19.8 Å². The van der Waals surface area contributed by atoms with Gasteiger partial charge in [0.05, 0.1) is 19.8 Å². The highest BCUT2D eigenvalue weighted by Gasteiger charge is 2.22. The van der Waals surface area contributed by atoms with Gasteiger partial charge >= 0.3 is 0 Å². The van der Waals surface area contributed by atoms with Gasteiger partial charge in [-0.2, -0.15) is 0 Å². The number of unbranched alkanes of at least 4 members (excludes halogenated alkanes) is 1. The Kier molecular flexibility index (Phi) is 6.07. The minimum atomic E-state index is 0.289. The molecule has 0 aromatic carbocycles. The average Bonchev–Trinajstić information content (AvgIpc) is 2.46. The molecule has 2 rings (SSSR count). The topological polar surface area (TPSA) is 36.0 Å². The molecule has 1 amide bonds. The molecule has 0 N–H and O–H groups in total. The number of rotatable bonds is 5. The first kappa shape index (κ1) is 14.8. The van der Waals surface area contributed by atoms with Crippen molar-refractivity contribution in [2.75, 3.05) is 65.6 Å². The SMILES string of the molecule is CCCCN1CCN(C(=O)CN2CCOCC2)CC1. The molecule has 2 fully saturated rings. The van der Waals surface area contributed by atoms with Crippen molar-refractivity contribution in [2.24, 2.45) is 0 Å². The van der Waals surface area contributed by atoms with Crippen molar-refractivity contribution in [1.29, 1.82) is 0 Å². The van der Waals surface area contributed by atoms with Gasteiger partial charge in [0.2, 0.25) is 5.91 Å². The van der Waals surface area contributed by atoms with Crippen molar-refractivity contribution in [1.82, 2.24) is 14.7 Å². The van der Waals surface area contributed by atoms with E-state index in [1.165, 1.54) is 19.4 Å². The molecule has 2 aliphatic rings. The van der Waals surface area contributed by atoms with Crippen LogP contribution in [-0.4, -0.2) is 86.2 Å². The second-order valence-corrected chi connectivity index (χ2v) is 5.46. The zero-order valence-electron chi connectivity index (χ0n) is 12.1. The van der Waals surface area contributed by atoms with Crippen molar-refractivity contribution < 1.29 is 9.53 Å². The second-order valence-electron chi connectivity index (χ2n) is 5.46. The van der Waals surface area contributed by atoms with E-state index < -0.39 is 0 Å². The van der Waals surface area contributed by atoms with E-state index in [1.54, 1.807) is 0 Å². The van der Waals surface area contributed by atoms with Gasteiger partial charge in [-0.3, -0.25) is 14.6 Å². The molecule has 5 heteroatoms. The lowest BCUT2D eigenvalue weighted by Gasteiger charge is -2.36. The molecule has 19 heavy (non-hydrogen) atoms. The minimum absolute atomic E-state index is 0.289. The summed E-state index contributed by atoms with van der Waals surface area (Å²) in [6, 6.07) is 0. The van der Waals surface area contributed by atoms with Crippen LogP contribution in [0.2, 0.25) is 0 Å². The van der Waals surface area contributed by atoms with Crippen LogP contribution in [0.15, 0.2) is 0 Å². The van der Waals surface area contributed by atoms with E-state index >= 15 is 0 Å². The summed E-state index contributed by atoms with van der Waals surface area (Å²) in [6.45, 7) is 11.1. The first-order valence-electron chi connectivity index (χ1n) is 7.60. The average molecular weight is 269 g/mol. The summed E-state index contributed by atoms with van der Waals surface area (Å²) >= 11 is 0. The van der Waals surface area contributed by atoms with Crippen LogP contribution in [0.4, 0.5) is 0 Å². The predicted molar refractivity (Wildman–Crippen MR) is 75.2 cm³/mol. The van der Waals surface area contributed by atoms with Crippen molar-refractivity contribution in [3.8, 4) is 0 Å². The van der Waals surface area contributed by atoms with Crippen molar-refractivity contribution in [3.63, 3.8) is 0 Å². The van der Waals surface area contributed by atoms with Gasteiger partial charge in [0.25, 0.3) is 0 Å². The zero-order valence-corrected chi connectivity index (χ0v) is 12.1. The number of carbonyl (C=O) groups is 1. The number of ether oxygens (including phenoxy) is 1. The lowest BCUT2D eigenvalue weighted by molar-refractivity contribution is -0.135. The number of piperazine rings is 1. The monoisotopic (exact) mass is 269 g/mol. The van der Waals surface area contributed by atoms with Crippen LogP contribution in [0.5, 0.6) is 0 Å². The van der Waals surface area contributed by atoms with Gasteiger partial charge in [-0.05, 0) is 13.0 Å². The summed E-state index contributed by atoms with van der Waals surface area (Å²) in [5.74, 6) is 0.289. The Labute approximate surface area is 116 Å². The Bertz CT molecular complexity index is 272. The minimum Gasteiger partial charge on any atom is -0.379 e. The highest BCUT2D eigenvalue weighted by molar-refractivity contribution is 5.78. The third kappa shape index (κ3) is 4.75. The smallest absolute Gasteiger partial charge is 0.236 e. The Morgan fingerprint density at radius 2 is 1.68 bits per heavy atom. The van der Waals surface area contributed by atoms with E-state index in [0.29, 0.717) is 6.54 Å². The maximum Gasteiger partial charge on any atom is 0.236 e. The number of hydrogen-bond acceptors (Lipinski definition) is 4. The molecule has 0 aliphatic carbocycles. The summed E-state index contributed by atoms with van der Waals surface area (Å²) in [5, 5.41) is 0. The molecule has 0 aromatic rings. The number of hydrogen-bond donors (Lipinski definition) is 0. The van der Waals surface area contributed by atoms with E-state index in [-0.39, 0.29) is 5.91 Å². The molecule has 0 unspecified atom stereocenters. The van der Waals surface area contributed by atoms with Crippen molar-refractivity contribution in [3.05, 3.63) is 0 Å². The van der Waals surface area contributed by atoms with E-state index in [9.17, 15) is 4.79 Å². The number of carbonyl (C=O) groups excluding carboxylic acids is 1. The number of amides is 1. The maximum atomic E-state index is 12.2. The molecule has 0 aromatic heterocycles. The largest absolute Gasteiger partial charge is 0.379 e. The number of nitrogens with zero attached hydrogens (tertiary/aromatic N) is 3. The maximum absolute atomic E-state index is 12.2. The fourth-order valence-corrected chi connectivity index (χ4v) is 2.65. The van der Waals surface area contributed by atoms with Gasteiger partial charge in [0.15, 0.2) is 0 Å².